The van der Waals surface area contributed by atoms with E-state index in [1.54, 1.807) is 13.0 Å². The number of esters is 1. The van der Waals surface area contributed by atoms with Gasteiger partial charge in [-0.3, -0.25) is 4.79 Å². The summed E-state index contributed by atoms with van der Waals surface area (Å²) in [6, 6.07) is 5.19. The molecule has 0 aliphatic carbocycles. The van der Waals surface area contributed by atoms with Crippen molar-refractivity contribution in [1.82, 2.24) is 15.0 Å². The molecular weight excluding hydrogens is 430 g/mol. The maximum atomic E-state index is 12.6. The first kappa shape index (κ1) is 20.5. The van der Waals surface area contributed by atoms with E-state index in [0.717, 1.165) is 12.0 Å². The minimum absolute atomic E-state index is 0.107. The number of thioether (sulfide) groups is 1. The van der Waals surface area contributed by atoms with Crippen LogP contribution in [0.15, 0.2) is 28.2 Å². The Morgan fingerprint density at radius 1 is 1.27 bits per heavy atom. The van der Waals surface area contributed by atoms with E-state index in [-0.39, 0.29) is 16.6 Å². The number of carbonyl (C=O) groups excluding carboxylic acids is 1. The second-order valence-electron chi connectivity index (χ2n) is 6.62. The zero-order valence-corrected chi connectivity index (χ0v) is 17.9. The first-order valence-electron chi connectivity index (χ1n) is 9.17. The van der Waals surface area contributed by atoms with Gasteiger partial charge in [-0.05, 0) is 30.7 Å². The van der Waals surface area contributed by atoms with Crippen molar-refractivity contribution in [1.29, 1.82) is 0 Å². The number of ether oxygens (including phenoxy) is 3. The largest absolute Gasteiger partial charge is 0.489 e. The molecule has 0 fully saturated rings. The van der Waals surface area contributed by atoms with Crippen LogP contribution in [0.4, 0.5) is 0 Å². The van der Waals surface area contributed by atoms with Gasteiger partial charge in [0.2, 0.25) is 0 Å². The highest BCUT2D eigenvalue weighted by molar-refractivity contribution is 7.98. The topological polar surface area (TPSA) is 103 Å². The highest BCUT2D eigenvalue weighted by Gasteiger charge is 2.19. The second-order valence-corrected chi connectivity index (χ2v) is 7.99. The highest BCUT2D eigenvalue weighted by Crippen LogP contribution is 2.39. The lowest BCUT2D eigenvalue weighted by Gasteiger charge is -2.11. The lowest BCUT2D eigenvalue weighted by Crippen LogP contribution is -2.16. The first-order chi connectivity index (χ1) is 14.5. The number of hydrogen-bond acceptors (Lipinski definition) is 8. The van der Waals surface area contributed by atoms with Gasteiger partial charge in [0, 0.05) is 17.9 Å². The molecule has 0 saturated heterocycles. The summed E-state index contributed by atoms with van der Waals surface area (Å²) in [5.74, 6) is 1.03. The number of halogens is 1. The van der Waals surface area contributed by atoms with Gasteiger partial charge in [0.15, 0.2) is 22.3 Å². The van der Waals surface area contributed by atoms with Gasteiger partial charge in [0.25, 0.3) is 5.56 Å². The predicted octanol–water partition coefficient (Wildman–Crippen LogP) is 3.52. The zero-order valence-electron chi connectivity index (χ0n) is 16.3. The smallest absolute Gasteiger partial charge is 0.338 e. The Labute approximate surface area is 180 Å². The second kappa shape index (κ2) is 8.53. The third-order valence-electron chi connectivity index (χ3n) is 4.43. The summed E-state index contributed by atoms with van der Waals surface area (Å²) < 4.78 is 16.1. The average Bonchev–Trinajstić information content (AvgIpc) is 2.96. The number of H-pyrrole nitrogens is 1. The fourth-order valence-corrected chi connectivity index (χ4v) is 4.18. The molecule has 0 atom stereocenters. The van der Waals surface area contributed by atoms with Gasteiger partial charge >= 0.3 is 5.97 Å². The Bertz CT molecular complexity index is 1200. The predicted molar refractivity (Wildman–Crippen MR) is 113 cm³/mol. The Kier molecular flexibility index (Phi) is 5.83. The van der Waals surface area contributed by atoms with Crippen molar-refractivity contribution in [3.8, 4) is 11.5 Å². The molecule has 0 spiro atoms. The van der Waals surface area contributed by atoms with Crippen LogP contribution in [0, 0.1) is 6.92 Å². The molecule has 1 aromatic carbocycles. The number of aromatic nitrogens is 3. The van der Waals surface area contributed by atoms with Gasteiger partial charge in [-0.2, -0.15) is 0 Å². The van der Waals surface area contributed by atoms with Crippen LogP contribution in [0.3, 0.4) is 0 Å². The number of fused-ring (bicyclic) bond motifs is 2. The van der Waals surface area contributed by atoms with Crippen LogP contribution >= 0.6 is 23.4 Å². The highest BCUT2D eigenvalue weighted by atomic mass is 35.5. The van der Waals surface area contributed by atoms with Crippen molar-refractivity contribution in [2.45, 2.75) is 24.3 Å². The number of carbonyl (C=O) groups is 1. The van der Waals surface area contributed by atoms with Crippen LogP contribution in [0.25, 0.3) is 11.0 Å². The summed E-state index contributed by atoms with van der Waals surface area (Å²) in [6.45, 7) is 2.84. The standard InChI is InChI=1S/C20H18ClN3O5S/c1-10-6-12(19(26)27-2)15-17(22-10)23-20(24-18(15)25)30-9-11-7-13(21)16-14(8-11)28-4-3-5-29-16/h6-8H,3-5,9H2,1-2H3,(H,22,23,24,25). The van der Waals surface area contributed by atoms with E-state index in [0.29, 0.717) is 46.3 Å². The van der Waals surface area contributed by atoms with E-state index in [2.05, 4.69) is 15.0 Å². The fourth-order valence-electron chi connectivity index (χ4n) is 3.10. The lowest BCUT2D eigenvalue weighted by atomic mass is 10.1. The van der Waals surface area contributed by atoms with E-state index >= 15 is 0 Å². The molecule has 8 nitrogen and oxygen atoms in total. The molecule has 3 heterocycles. The van der Waals surface area contributed by atoms with Gasteiger partial charge in [-0.25, -0.2) is 14.8 Å². The molecule has 30 heavy (non-hydrogen) atoms. The first-order valence-corrected chi connectivity index (χ1v) is 10.5. The monoisotopic (exact) mass is 447 g/mol. The summed E-state index contributed by atoms with van der Waals surface area (Å²) in [5.41, 5.74) is 1.33. The van der Waals surface area contributed by atoms with Crippen LogP contribution < -0.4 is 15.0 Å². The molecule has 10 heteroatoms. The lowest BCUT2D eigenvalue weighted by molar-refractivity contribution is 0.0602. The van der Waals surface area contributed by atoms with Crippen LogP contribution in [-0.2, 0) is 10.5 Å². The van der Waals surface area contributed by atoms with Gasteiger partial charge < -0.3 is 19.2 Å². The fraction of sp³-hybridized carbons (Fsp3) is 0.300. The molecule has 0 unspecified atom stereocenters. The molecule has 156 valence electrons. The van der Waals surface area contributed by atoms with Gasteiger partial charge in [0.1, 0.15) is 0 Å². The summed E-state index contributed by atoms with van der Waals surface area (Å²) in [6.07, 6.45) is 0.789. The van der Waals surface area contributed by atoms with Crippen LogP contribution in [-0.4, -0.2) is 41.2 Å². The van der Waals surface area contributed by atoms with Gasteiger partial charge in [-0.1, -0.05) is 23.4 Å². The molecule has 1 aliphatic heterocycles. The SMILES string of the molecule is COC(=O)c1cc(C)nc2nc(SCc3cc(Cl)c4c(c3)OCCCO4)[nH]c(=O)c12. The molecule has 0 bridgehead atoms. The van der Waals surface area contributed by atoms with Crippen molar-refractivity contribution in [2.24, 2.45) is 0 Å². The van der Waals surface area contributed by atoms with Crippen molar-refractivity contribution < 1.29 is 19.0 Å². The molecule has 0 saturated carbocycles. The molecule has 1 N–H and O–H groups in total. The summed E-state index contributed by atoms with van der Waals surface area (Å²) >= 11 is 7.66. The third-order valence-corrected chi connectivity index (χ3v) is 5.65. The number of methoxy groups -OCH3 is 1. The maximum absolute atomic E-state index is 12.6. The van der Waals surface area contributed by atoms with Gasteiger partial charge in [0.05, 0.1) is 36.3 Å². The number of benzene rings is 1. The normalized spacial score (nSPS) is 13.2. The van der Waals surface area contributed by atoms with E-state index < -0.39 is 11.5 Å². The molecule has 4 rings (SSSR count). The number of nitrogens with zero attached hydrogens (tertiary/aromatic N) is 2. The van der Waals surface area contributed by atoms with E-state index in [1.807, 2.05) is 6.07 Å². The van der Waals surface area contributed by atoms with Crippen molar-refractivity contribution in [3.63, 3.8) is 0 Å². The maximum Gasteiger partial charge on any atom is 0.338 e. The molecular formula is C20H18ClN3O5S. The van der Waals surface area contributed by atoms with Crippen molar-refractivity contribution in [3.05, 3.63) is 50.4 Å². The average molecular weight is 448 g/mol. The van der Waals surface area contributed by atoms with Gasteiger partial charge in [-0.15, -0.1) is 0 Å². The Balaban J connectivity index is 1.64. The minimum atomic E-state index is -0.611. The number of aromatic amines is 1. The number of nitrogens with one attached hydrogen (secondary N) is 1. The van der Waals surface area contributed by atoms with Crippen LogP contribution in [0.5, 0.6) is 11.5 Å². The van der Waals surface area contributed by atoms with Crippen LogP contribution in [0.2, 0.25) is 5.02 Å². The number of rotatable bonds is 4. The third kappa shape index (κ3) is 4.08. The van der Waals surface area contributed by atoms with E-state index in [9.17, 15) is 9.59 Å². The molecule has 3 aromatic rings. The zero-order chi connectivity index (χ0) is 21.3. The molecule has 1 aliphatic rings. The molecule has 0 radical (unpaired) electrons. The Morgan fingerprint density at radius 2 is 2.07 bits per heavy atom. The van der Waals surface area contributed by atoms with Crippen molar-refractivity contribution in [2.75, 3.05) is 20.3 Å². The van der Waals surface area contributed by atoms with Crippen LogP contribution in [0.1, 0.15) is 28.0 Å². The number of hydrogen-bond donors (Lipinski definition) is 1. The number of pyridine rings is 1. The minimum Gasteiger partial charge on any atom is -0.489 e. The number of aryl methyl sites for hydroxylation is 1. The van der Waals surface area contributed by atoms with Crippen molar-refractivity contribution >= 4 is 40.4 Å². The Hall–Kier alpha value is -2.78. The summed E-state index contributed by atoms with van der Waals surface area (Å²) in [4.78, 5) is 36.1. The molecule has 2 aromatic heterocycles. The Morgan fingerprint density at radius 3 is 2.87 bits per heavy atom. The van der Waals surface area contributed by atoms with E-state index in [1.165, 1.54) is 24.9 Å². The summed E-state index contributed by atoms with van der Waals surface area (Å²) in [5, 5.41) is 0.963. The van der Waals surface area contributed by atoms with E-state index in [4.69, 9.17) is 25.8 Å². The summed E-state index contributed by atoms with van der Waals surface area (Å²) in [7, 11) is 1.26. The quantitative estimate of drug-likeness (QED) is 0.368. The molecule has 0 amide bonds.